The second-order valence-electron chi connectivity index (χ2n) is 6.01. The highest BCUT2D eigenvalue weighted by Gasteiger charge is 2.35. The fraction of sp³-hybridized carbons (Fsp3) is 0.375. The molecule has 6 heteroatoms. The van der Waals surface area contributed by atoms with Gasteiger partial charge >= 0.3 is 0 Å². The lowest BCUT2D eigenvalue weighted by molar-refractivity contribution is 0.0772. The van der Waals surface area contributed by atoms with Crippen molar-refractivity contribution in [2.45, 2.75) is 13.3 Å². The first kappa shape index (κ1) is 15.5. The Morgan fingerprint density at radius 1 is 1.50 bits per heavy atom. The van der Waals surface area contributed by atoms with Gasteiger partial charge in [0.2, 0.25) is 0 Å². The van der Waals surface area contributed by atoms with Crippen molar-refractivity contribution in [3.8, 4) is 10.6 Å². The Kier molecular flexibility index (Phi) is 4.21. The predicted octanol–water partition coefficient (Wildman–Crippen LogP) is 3.27. The molecule has 1 aromatic heterocycles. The number of benzene rings is 1. The lowest BCUT2D eigenvalue weighted by atomic mass is 9.90. The molecule has 1 fully saturated rings. The van der Waals surface area contributed by atoms with Crippen molar-refractivity contribution in [3.05, 3.63) is 40.4 Å². The van der Waals surface area contributed by atoms with Crippen molar-refractivity contribution < 1.29 is 4.79 Å². The van der Waals surface area contributed by atoms with Gasteiger partial charge in [0.15, 0.2) is 0 Å². The summed E-state index contributed by atoms with van der Waals surface area (Å²) >= 11 is 7.63. The minimum absolute atomic E-state index is 0.0215. The molecular formula is C16H18ClN3OS. The minimum atomic E-state index is -0.0215. The first-order chi connectivity index (χ1) is 10.5. The van der Waals surface area contributed by atoms with Gasteiger partial charge in [0.1, 0.15) is 10.7 Å². The summed E-state index contributed by atoms with van der Waals surface area (Å²) in [4.78, 5) is 18.9. The number of rotatable bonds is 3. The van der Waals surface area contributed by atoms with Crippen LogP contribution in [-0.4, -0.2) is 35.4 Å². The van der Waals surface area contributed by atoms with Crippen LogP contribution in [-0.2, 0) is 0 Å². The van der Waals surface area contributed by atoms with Crippen LogP contribution < -0.4 is 5.73 Å². The second kappa shape index (κ2) is 5.99. The van der Waals surface area contributed by atoms with E-state index in [1.165, 1.54) is 11.3 Å². The van der Waals surface area contributed by atoms with Gasteiger partial charge in [0.05, 0.1) is 5.02 Å². The Morgan fingerprint density at radius 2 is 2.27 bits per heavy atom. The van der Waals surface area contributed by atoms with E-state index in [2.05, 4.69) is 11.9 Å². The quantitative estimate of drug-likeness (QED) is 0.936. The molecule has 22 heavy (non-hydrogen) atoms. The van der Waals surface area contributed by atoms with Gasteiger partial charge in [-0.3, -0.25) is 4.79 Å². The molecule has 1 aliphatic heterocycles. The third-order valence-electron chi connectivity index (χ3n) is 4.17. The van der Waals surface area contributed by atoms with Crippen LogP contribution in [0.3, 0.4) is 0 Å². The van der Waals surface area contributed by atoms with Crippen LogP contribution >= 0.6 is 22.9 Å². The van der Waals surface area contributed by atoms with E-state index in [4.69, 9.17) is 17.3 Å². The third kappa shape index (κ3) is 2.89. The molecule has 3 rings (SSSR count). The molecule has 1 saturated heterocycles. The van der Waals surface area contributed by atoms with E-state index >= 15 is 0 Å². The Labute approximate surface area is 138 Å². The molecule has 1 unspecified atom stereocenters. The lowest BCUT2D eigenvalue weighted by Gasteiger charge is -2.22. The number of halogens is 1. The summed E-state index contributed by atoms with van der Waals surface area (Å²) in [7, 11) is 0. The minimum Gasteiger partial charge on any atom is -0.337 e. The largest absolute Gasteiger partial charge is 0.337 e. The van der Waals surface area contributed by atoms with Crippen molar-refractivity contribution in [2.24, 2.45) is 11.1 Å². The Hall–Kier alpha value is -1.43. The van der Waals surface area contributed by atoms with Crippen LogP contribution in [0.25, 0.3) is 10.6 Å². The van der Waals surface area contributed by atoms with Crippen LogP contribution in [0.15, 0.2) is 29.6 Å². The second-order valence-corrected chi connectivity index (χ2v) is 7.27. The summed E-state index contributed by atoms with van der Waals surface area (Å²) in [5.41, 5.74) is 7.17. The summed E-state index contributed by atoms with van der Waals surface area (Å²) < 4.78 is 0. The monoisotopic (exact) mass is 335 g/mol. The topological polar surface area (TPSA) is 59.2 Å². The van der Waals surface area contributed by atoms with Crippen LogP contribution in [0.4, 0.5) is 0 Å². The average Bonchev–Trinajstić information content (AvgIpc) is 3.15. The van der Waals surface area contributed by atoms with Gasteiger partial charge < -0.3 is 10.6 Å². The summed E-state index contributed by atoms with van der Waals surface area (Å²) in [6.45, 7) is 4.15. The van der Waals surface area contributed by atoms with E-state index in [9.17, 15) is 4.79 Å². The molecule has 1 atom stereocenters. The number of thiazole rings is 1. The number of carbonyl (C=O) groups is 1. The molecule has 2 N–H and O–H groups in total. The van der Waals surface area contributed by atoms with Gasteiger partial charge in [0, 0.05) is 24.0 Å². The zero-order valence-corrected chi connectivity index (χ0v) is 14.0. The van der Waals surface area contributed by atoms with Crippen molar-refractivity contribution in [1.29, 1.82) is 0 Å². The molecule has 2 aromatic rings. The Bertz CT molecular complexity index is 702. The predicted molar refractivity (Wildman–Crippen MR) is 90.2 cm³/mol. The van der Waals surface area contributed by atoms with Crippen molar-refractivity contribution >= 4 is 28.8 Å². The SMILES string of the molecule is CC1(CN)CCN(C(=O)c2csc(-c3ccccc3Cl)n2)C1. The lowest BCUT2D eigenvalue weighted by Crippen LogP contribution is -2.34. The highest BCUT2D eigenvalue weighted by atomic mass is 35.5. The molecule has 1 aliphatic rings. The molecule has 0 spiro atoms. The molecule has 0 aliphatic carbocycles. The molecule has 1 amide bonds. The summed E-state index contributed by atoms with van der Waals surface area (Å²) in [5, 5.41) is 3.22. The molecule has 4 nitrogen and oxygen atoms in total. The van der Waals surface area contributed by atoms with E-state index in [-0.39, 0.29) is 11.3 Å². The number of aromatic nitrogens is 1. The molecule has 2 heterocycles. The number of likely N-dealkylation sites (tertiary alicyclic amines) is 1. The maximum atomic E-state index is 12.6. The van der Waals surface area contributed by atoms with Gasteiger partial charge in [-0.25, -0.2) is 4.98 Å². The fourth-order valence-electron chi connectivity index (χ4n) is 2.66. The van der Waals surface area contributed by atoms with E-state index < -0.39 is 0 Å². The van der Waals surface area contributed by atoms with Gasteiger partial charge in [-0.1, -0.05) is 36.7 Å². The average molecular weight is 336 g/mol. The van der Waals surface area contributed by atoms with Crippen LogP contribution in [0.1, 0.15) is 23.8 Å². The molecular weight excluding hydrogens is 318 g/mol. The first-order valence-electron chi connectivity index (χ1n) is 7.22. The van der Waals surface area contributed by atoms with Crippen LogP contribution in [0.5, 0.6) is 0 Å². The number of hydrogen-bond donors (Lipinski definition) is 1. The fourth-order valence-corrected chi connectivity index (χ4v) is 3.77. The smallest absolute Gasteiger partial charge is 0.273 e. The van der Waals surface area contributed by atoms with Gasteiger partial charge in [-0.2, -0.15) is 0 Å². The molecule has 0 saturated carbocycles. The number of carbonyl (C=O) groups excluding carboxylic acids is 1. The summed E-state index contributed by atoms with van der Waals surface area (Å²) in [6, 6.07) is 7.53. The first-order valence-corrected chi connectivity index (χ1v) is 8.48. The number of hydrogen-bond acceptors (Lipinski definition) is 4. The van der Waals surface area contributed by atoms with Crippen LogP contribution in [0.2, 0.25) is 5.02 Å². The standard InChI is InChI=1S/C16H18ClN3OS/c1-16(9-18)6-7-20(10-16)15(21)13-8-22-14(19-13)11-4-2-3-5-12(11)17/h2-5,8H,6-7,9-10,18H2,1H3. The Morgan fingerprint density at radius 3 is 2.95 bits per heavy atom. The highest BCUT2D eigenvalue weighted by molar-refractivity contribution is 7.13. The van der Waals surface area contributed by atoms with Gasteiger partial charge in [-0.05, 0) is 24.4 Å². The van der Waals surface area contributed by atoms with E-state index in [0.717, 1.165) is 23.5 Å². The molecule has 1 aromatic carbocycles. The zero-order valence-electron chi connectivity index (χ0n) is 12.4. The maximum absolute atomic E-state index is 12.6. The normalized spacial score (nSPS) is 21.3. The maximum Gasteiger partial charge on any atom is 0.273 e. The van der Waals surface area contributed by atoms with Crippen molar-refractivity contribution in [3.63, 3.8) is 0 Å². The van der Waals surface area contributed by atoms with E-state index in [0.29, 0.717) is 23.8 Å². The van der Waals surface area contributed by atoms with Crippen LogP contribution in [0, 0.1) is 5.41 Å². The summed E-state index contributed by atoms with van der Waals surface area (Å²) in [6.07, 6.45) is 0.941. The summed E-state index contributed by atoms with van der Waals surface area (Å²) in [5.74, 6) is -0.0215. The molecule has 0 bridgehead atoms. The third-order valence-corrected chi connectivity index (χ3v) is 5.37. The number of nitrogens with zero attached hydrogens (tertiary/aromatic N) is 2. The number of nitrogens with two attached hydrogens (primary N) is 1. The van der Waals surface area contributed by atoms with Crippen molar-refractivity contribution in [1.82, 2.24) is 9.88 Å². The van der Waals surface area contributed by atoms with Crippen molar-refractivity contribution in [2.75, 3.05) is 19.6 Å². The van der Waals surface area contributed by atoms with Gasteiger partial charge in [0.25, 0.3) is 5.91 Å². The Balaban J connectivity index is 1.80. The zero-order chi connectivity index (χ0) is 15.7. The van der Waals surface area contributed by atoms with E-state index in [1.54, 1.807) is 5.38 Å². The highest BCUT2D eigenvalue weighted by Crippen LogP contribution is 2.32. The van der Waals surface area contributed by atoms with Gasteiger partial charge in [-0.15, -0.1) is 11.3 Å². The molecule has 116 valence electrons. The molecule has 0 radical (unpaired) electrons. The number of amides is 1. The van der Waals surface area contributed by atoms with E-state index in [1.807, 2.05) is 29.2 Å².